The van der Waals surface area contributed by atoms with Gasteiger partial charge in [-0.3, -0.25) is 4.79 Å². The van der Waals surface area contributed by atoms with Gasteiger partial charge in [0.05, 0.1) is 6.10 Å². The Balaban J connectivity index is 1.51. The summed E-state index contributed by atoms with van der Waals surface area (Å²) in [5, 5.41) is 13.4. The molecule has 0 saturated carbocycles. The van der Waals surface area contributed by atoms with Crippen molar-refractivity contribution in [2.24, 2.45) is 5.92 Å². The number of β-amino-alcohol motifs (C(OH)–C–C–N with tert-alkyl or cyclic N) is 1. The number of nitrogens with zero attached hydrogens (tertiary/aromatic N) is 3. The molecule has 144 valence electrons. The average Bonchev–Trinajstić information content (AvgIpc) is 3.33. The molecule has 0 spiro atoms. The third-order valence-electron chi connectivity index (χ3n) is 5.69. The molecule has 2 N–H and O–H groups in total. The van der Waals surface area contributed by atoms with Crippen molar-refractivity contribution in [3.63, 3.8) is 0 Å². The van der Waals surface area contributed by atoms with Crippen LogP contribution in [0.5, 0.6) is 0 Å². The predicted molar refractivity (Wildman–Crippen MR) is 98.7 cm³/mol. The van der Waals surface area contributed by atoms with E-state index in [1.165, 1.54) is 0 Å². The first-order valence-electron chi connectivity index (χ1n) is 9.53. The Labute approximate surface area is 154 Å². The molecule has 0 aliphatic carbocycles. The predicted octanol–water partition coefficient (Wildman–Crippen LogP) is 1.24. The zero-order valence-corrected chi connectivity index (χ0v) is 15.7. The highest BCUT2D eigenvalue weighted by Crippen LogP contribution is 2.24. The highest BCUT2D eigenvalue weighted by atomic mass is 16.3. The topological polar surface area (TPSA) is 77.8 Å². The zero-order chi connectivity index (χ0) is 18.7. The largest absolute Gasteiger partial charge is 0.391 e. The lowest BCUT2D eigenvalue weighted by Gasteiger charge is -2.40. The lowest BCUT2D eigenvalue weighted by atomic mass is 9.92. The quantitative estimate of drug-likeness (QED) is 0.846. The minimum absolute atomic E-state index is 0.00676. The van der Waals surface area contributed by atoms with E-state index in [2.05, 4.69) is 5.32 Å². The van der Waals surface area contributed by atoms with E-state index in [1.807, 2.05) is 47.8 Å². The molecule has 0 radical (unpaired) electrons. The fourth-order valence-corrected chi connectivity index (χ4v) is 3.86. The van der Waals surface area contributed by atoms with Gasteiger partial charge >= 0.3 is 6.03 Å². The summed E-state index contributed by atoms with van der Waals surface area (Å²) in [4.78, 5) is 28.6. The molecule has 0 unspecified atom stereocenters. The molecule has 0 aromatic carbocycles. The first kappa shape index (κ1) is 18.8. The van der Waals surface area contributed by atoms with Crippen LogP contribution in [0.15, 0.2) is 24.5 Å². The third-order valence-corrected chi connectivity index (χ3v) is 5.69. The van der Waals surface area contributed by atoms with Crippen LogP contribution >= 0.6 is 0 Å². The molecule has 7 heteroatoms. The number of carbonyl (C=O) groups excluding carboxylic acids is 2. The summed E-state index contributed by atoms with van der Waals surface area (Å²) in [6.07, 6.45) is 5.97. The van der Waals surface area contributed by atoms with Gasteiger partial charge in [0.15, 0.2) is 0 Å². The van der Waals surface area contributed by atoms with Gasteiger partial charge in [0, 0.05) is 51.0 Å². The Hall–Kier alpha value is -2.02. The zero-order valence-electron chi connectivity index (χ0n) is 15.7. The van der Waals surface area contributed by atoms with Crippen molar-refractivity contribution < 1.29 is 14.7 Å². The fraction of sp³-hybridized carbons (Fsp3) is 0.684. The van der Waals surface area contributed by atoms with Gasteiger partial charge in [0.2, 0.25) is 5.91 Å². The van der Waals surface area contributed by atoms with Crippen molar-refractivity contribution in [3.8, 4) is 0 Å². The minimum Gasteiger partial charge on any atom is -0.391 e. The summed E-state index contributed by atoms with van der Waals surface area (Å²) in [7, 11) is 0. The van der Waals surface area contributed by atoms with Gasteiger partial charge in [-0.15, -0.1) is 0 Å². The van der Waals surface area contributed by atoms with E-state index < -0.39 is 11.6 Å². The van der Waals surface area contributed by atoms with E-state index >= 15 is 0 Å². The molecule has 1 aromatic rings. The maximum atomic E-state index is 12.9. The van der Waals surface area contributed by atoms with Gasteiger partial charge < -0.3 is 24.8 Å². The molecule has 3 heterocycles. The van der Waals surface area contributed by atoms with Gasteiger partial charge in [-0.25, -0.2) is 4.79 Å². The number of carbonyl (C=O) groups is 2. The first-order chi connectivity index (χ1) is 12.4. The Morgan fingerprint density at radius 1 is 1.12 bits per heavy atom. The molecule has 26 heavy (non-hydrogen) atoms. The molecule has 3 amide bonds. The number of rotatable bonds is 4. The number of aromatic nitrogens is 1. The standard InChI is InChI=1S/C19H30N4O3/c1-19(2,23-10-5-6-11-23)17(25)22-12-7-15(16(24)14-22)13-20-18(26)21-8-3-4-9-21/h5-6,10-11,15-16,24H,3-4,7-9,12-14H2,1-2H3,(H,20,26)/t15-,16+/m0/s1. The summed E-state index contributed by atoms with van der Waals surface area (Å²) in [6, 6.07) is 3.76. The summed E-state index contributed by atoms with van der Waals surface area (Å²) < 4.78 is 1.89. The number of aliphatic hydroxyl groups excluding tert-OH is 1. The average molecular weight is 362 g/mol. The number of aliphatic hydroxyl groups is 1. The van der Waals surface area contributed by atoms with Crippen LogP contribution < -0.4 is 5.32 Å². The van der Waals surface area contributed by atoms with Crippen LogP contribution in [0.1, 0.15) is 33.1 Å². The fourth-order valence-electron chi connectivity index (χ4n) is 3.86. The van der Waals surface area contributed by atoms with E-state index in [4.69, 9.17) is 0 Å². The molecule has 2 saturated heterocycles. The molecule has 3 rings (SSSR count). The van der Waals surface area contributed by atoms with Crippen molar-refractivity contribution in [1.29, 1.82) is 0 Å². The van der Waals surface area contributed by atoms with Crippen molar-refractivity contribution in [3.05, 3.63) is 24.5 Å². The number of piperidine rings is 1. The molecule has 7 nitrogen and oxygen atoms in total. The lowest BCUT2D eigenvalue weighted by molar-refractivity contribution is -0.143. The second-order valence-corrected chi connectivity index (χ2v) is 7.90. The molecular weight excluding hydrogens is 332 g/mol. The van der Waals surface area contributed by atoms with Crippen LogP contribution in [0.25, 0.3) is 0 Å². The highest BCUT2D eigenvalue weighted by molar-refractivity contribution is 5.84. The van der Waals surface area contributed by atoms with E-state index in [-0.39, 0.29) is 17.9 Å². The second kappa shape index (κ2) is 7.70. The van der Waals surface area contributed by atoms with Crippen LogP contribution in [0.4, 0.5) is 4.79 Å². The van der Waals surface area contributed by atoms with Gasteiger partial charge in [0.1, 0.15) is 5.54 Å². The molecular formula is C19H30N4O3. The molecule has 2 aliphatic heterocycles. The monoisotopic (exact) mass is 362 g/mol. The summed E-state index contributed by atoms with van der Waals surface area (Å²) in [5.41, 5.74) is -0.681. The van der Waals surface area contributed by atoms with Crippen LogP contribution in [0.2, 0.25) is 0 Å². The van der Waals surface area contributed by atoms with Crippen LogP contribution in [0, 0.1) is 5.92 Å². The lowest BCUT2D eigenvalue weighted by Crippen LogP contribution is -2.55. The number of likely N-dealkylation sites (tertiary alicyclic amines) is 2. The van der Waals surface area contributed by atoms with Crippen LogP contribution in [0.3, 0.4) is 0 Å². The molecule has 2 aliphatic rings. The number of nitrogens with one attached hydrogen (secondary N) is 1. The Kier molecular flexibility index (Phi) is 5.55. The van der Waals surface area contributed by atoms with Crippen molar-refractivity contribution in [2.45, 2.75) is 44.8 Å². The van der Waals surface area contributed by atoms with Crippen LogP contribution in [-0.2, 0) is 10.3 Å². The highest BCUT2D eigenvalue weighted by Gasteiger charge is 2.38. The Morgan fingerprint density at radius 3 is 2.38 bits per heavy atom. The van der Waals surface area contributed by atoms with Gasteiger partial charge in [0.25, 0.3) is 0 Å². The molecule has 2 atom stereocenters. The first-order valence-corrected chi connectivity index (χ1v) is 9.53. The van der Waals surface area contributed by atoms with Crippen molar-refractivity contribution in [1.82, 2.24) is 19.7 Å². The van der Waals surface area contributed by atoms with Crippen molar-refractivity contribution >= 4 is 11.9 Å². The Morgan fingerprint density at radius 2 is 1.77 bits per heavy atom. The van der Waals surface area contributed by atoms with Crippen molar-refractivity contribution in [2.75, 3.05) is 32.7 Å². The third kappa shape index (κ3) is 3.87. The maximum absolute atomic E-state index is 12.9. The summed E-state index contributed by atoms with van der Waals surface area (Å²) >= 11 is 0. The van der Waals surface area contributed by atoms with E-state index in [9.17, 15) is 14.7 Å². The molecule has 2 fully saturated rings. The van der Waals surface area contributed by atoms with Gasteiger partial charge in [-0.2, -0.15) is 0 Å². The van der Waals surface area contributed by atoms with E-state index in [0.717, 1.165) is 25.9 Å². The number of urea groups is 1. The Bertz CT molecular complexity index is 623. The maximum Gasteiger partial charge on any atom is 0.317 e. The normalized spacial score (nSPS) is 24.0. The van der Waals surface area contributed by atoms with Crippen LogP contribution in [-0.4, -0.2) is 70.2 Å². The molecule has 0 bridgehead atoms. The number of hydrogen-bond donors (Lipinski definition) is 2. The number of amides is 3. The van der Waals surface area contributed by atoms with Gasteiger partial charge in [-0.1, -0.05) is 0 Å². The number of hydrogen-bond acceptors (Lipinski definition) is 3. The second-order valence-electron chi connectivity index (χ2n) is 7.90. The van der Waals surface area contributed by atoms with E-state index in [0.29, 0.717) is 26.1 Å². The van der Waals surface area contributed by atoms with E-state index in [1.54, 1.807) is 4.90 Å². The summed E-state index contributed by atoms with van der Waals surface area (Å²) in [5.74, 6) is -0.00686. The molecule has 1 aromatic heterocycles. The summed E-state index contributed by atoms with van der Waals surface area (Å²) in [6.45, 7) is 6.79. The SMILES string of the molecule is CC(C)(C(=O)N1CC[C@@H](CNC(=O)N2CCCC2)[C@H](O)C1)n1cccc1. The smallest absolute Gasteiger partial charge is 0.317 e. The minimum atomic E-state index is -0.681. The van der Waals surface area contributed by atoms with Gasteiger partial charge in [-0.05, 0) is 45.2 Å².